The molecule has 0 aliphatic carbocycles. The minimum Gasteiger partial charge on any atom is -0.345 e. The Balaban J connectivity index is 2.34. The molecular formula is C12H14N2O2. The van der Waals surface area contributed by atoms with Crippen LogP contribution >= 0.6 is 0 Å². The van der Waals surface area contributed by atoms with Crippen LogP contribution in [0.25, 0.3) is 0 Å². The van der Waals surface area contributed by atoms with Gasteiger partial charge in [0.2, 0.25) is 11.8 Å². The predicted octanol–water partition coefficient (Wildman–Crippen LogP) is 0.536. The van der Waals surface area contributed by atoms with Crippen LogP contribution in [0.15, 0.2) is 24.3 Å². The summed E-state index contributed by atoms with van der Waals surface area (Å²) in [6, 6.07) is 7.13. The molecule has 0 saturated carbocycles. The van der Waals surface area contributed by atoms with Gasteiger partial charge in [-0.2, -0.15) is 0 Å². The van der Waals surface area contributed by atoms with E-state index in [1.807, 2.05) is 31.2 Å². The third-order valence-corrected chi connectivity index (χ3v) is 2.74. The first-order chi connectivity index (χ1) is 7.72. The van der Waals surface area contributed by atoms with Crippen LogP contribution in [0.2, 0.25) is 0 Å². The number of rotatable bonds is 2. The van der Waals surface area contributed by atoms with E-state index >= 15 is 0 Å². The van der Waals surface area contributed by atoms with Gasteiger partial charge in [-0.1, -0.05) is 31.2 Å². The highest BCUT2D eigenvalue weighted by atomic mass is 16.2. The lowest BCUT2D eigenvalue weighted by Gasteiger charge is -2.25. The number of amides is 2. The van der Waals surface area contributed by atoms with Crippen LogP contribution in [0.3, 0.4) is 0 Å². The van der Waals surface area contributed by atoms with Gasteiger partial charge in [0.25, 0.3) is 0 Å². The van der Waals surface area contributed by atoms with Crippen molar-refractivity contribution in [3.8, 4) is 0 Å². The zero-order chi connectivity index (χ0) is 11.5. The van der Waals surface area contributed by atoms with Crippen LogP contribution in [0.5, 0.6) is 0 Å². The Morgan fingerprint density at radius 2 is 2.06 bits per heavy atom. The topological polar surface area (TPSA) is 58.2 Å². The van der Waals surface area contributed by atoms with Gasteiger partial charge in [-0.25, -0.2) is 0 Å². The first-order valence-corrected chi connectivity index (χ1v) is 5.37. The lowest BCUT2D eigenvalue weighted by atomic mass is 9.97. The molecule has 1 aromatic rings. The van der Waals surface area contributed by atoms with Crippen LogP contribution in [0.4, 0.5) is 0 Å². The third kappa shape index (κ3) is 1.91. The van der Waals surface area contributed by atoms with Gasteiger partial charge in [-0.15, -0.1) is 0 Å². The number of hydrogen-bond donors (Lipinski definition) is 2. The second kappa shape index (κ2) is 4.35. The molecular weight excluding hydrogens is 204 g/mol. The van der Waals surface area contributed by atoms with Gasteiger partial charge in [0.1, 0.15) is 6.04 Å². The fourth-order valence-corrected chi connectivity index (χ4v) is 1.90. The first-order valence-electron chi connectivity index (χ1n) is 5.37. The average molecular weight is 218 g/mol. The number of aryl methyl sites for hydroxylation is 1. The summed E-state index contributed by atoms with van der Waals surface area (Å²) in [7, 11) is 0. The maximum absolute atomic E-state index is 11.7. The van der Waals surface area contributed by atoms with Crippen LogP contribution in [-0.4, -0.2) is 18.4 Å². The summed E-state index contributed by atoms with van der Waals surface area (Å²) in [6.45, 7) is 2.10. The molecule has 1 atom stereocenters. The highest BCUT2D eigenvalue weighted by Crippen LogP contribution is 2.20. The Kier molecular flexibility index (Phi) is 2.90. The van der Waals surface area contributed by atoms with Gasteiger partial charge in [0.05, 0.1) is 6.54 Å². The van der Waals surface area contributed by atoms with Gasteiger partial charge in [-0.3, -0.25) is 9.59 Å². The maximum atomic E-state index is 11.7. The number of hydrogen-bond acceptors (Lipinski definition) is 2. The number of carbonyl (C=O) groups excluding carboxylic acids is 2. The normalized spacial score (nSPS) is 20.2. The Morgan fingerprint density at radius 3 is 2.81 bits per heavy atom. The van der Waals surface area contributed by atoms with E-state index in [0.717, 1.165) is 17.5 Å². The first kappa shape index (κ1) is 10.7. The highest BCUT2D eigenvalue weighted by molar-refractivity contribution is 5.95. The van der Waals surface area contributed by atoms with Gasteiger partial charge >= 0.3 is 0 Å². The molecule has 16 heavy (non-hydrogen) atoms. The van der Waals surface area contributed by atoms with Gasteiger partial charge in [0, 0.05) is 0 Å². The van der Waals surface area contributed by atoms with Crippen molar-refractivity contribution in [1.82, 2.24) is 10.6 Å². The standard InChI is InChI=1S/C12H14N2O2/c1-2-8-5-3-4-6-9(8)11-12(16)13-7-10(15)14-11/h3-6,11H,2,7H2,1H3,(H,13,16)(H,14,15)/t11-/m1/s1. The van der Waals surface area contributed by atoms with Gasteiger partial charge < -0.3 is 10.6 Å². The summed E-state index contributed by atoms with van der Waals surface area (Å²) >= 11 is 0. The third-order valence-electron chi connectivity index (χ3n) is 2.74. The molecule has 0 radical (unpaired) electrons. The van der Waals surface area contributed by atoms with Crippen molar-refractivity contribution in [2.24, 2.45) is 0 Å². The number of nitrogens with one attached hydrogen (secondary N) is 2. The van der Waals surface area contributed by atoms with Crippen molar-refractivity contribution in [2.45, 2.75) is 19.4 Å². The quantitative estimate of drug-likeness (QED) is 0.761. The number of carbonyl (C=O) groups is 2. The molecule has 84 valence electrons. The average Bonchev–Trinajstić information content (AvgIpc) is 2.32. The molecule has 0 spiro atoms. The van der Waals surface area contributed by atoms with E-state index in [4.69, 9.17) is 0 Å². The SMILES string of the molecule is CCc1ccccc1[C@H]1NC(=O)CNC1=O. The van der Waals surface area contributed by atoms with Crippen LogP contribution < -0.4 is 10.6 Å². The largest absolute Gasteiger partial charge is 0.345 e. The molecule has 1 aromatic carbocycles. The monoisotopic (exact) mass is 218 g/mol. The van der Waals surface area contributed by atoms with Crippen molar-refractivity contribution in [1.29, 1.82) is 0 Å². The summed E-state index contributed by atoms with van der Waals surface area (Å²) < 4.78 is 0. The minimum absolute atomic E-state index is 0.0730. The lowest BCUT2D eigenvalue weighted by molar-refractivity contribution is -0.133. The van der Waals surface area contributed by atoms with E-state index < -0.39 is 6.04 Å². The molecule has 0 unspecified atom stereocenters. The molecule has 0 bridgehead atoms. The van der Waals surface area contributed by atoms with Crippen molar-refractivity contribution in [3.63, 3.8) is 0 Å². The second-order valence-corrected chi connectivity index (χ2v) is 3.77. The van der Waals surface area contributed by atoms with Crippen LogP contribution in [0, 0.1) is 0 Å². The smallest absolute Gasteiger partial charge is 0.247 e. The molecule has 1 aliphatic rings. The van der Waals surface area contributed by atoms with Crippen molar-refractivity contribution in [2.75, 3.05) is 6.54 Å². The number of piperazine rings is 1. The van der Waals surface area contributed by atoms with Crippen molar-refractivity contribution in [3.05, 3.63) is 35.4 Å². The Bertz CT molecular complexity index is 429. The molecule has 1 heterocycles. The molecule has 4 nitrogen and oxygen atoms in total. The summed E-state index contributed by atoms with van der Waals surface area (Å²) in [6.07, 6.45) is 0.843. The van der Waals surface area contributed by atoms with E-state index in [2.05, 4.69) is 10.6 Å². The fourth-order valence-electron chi connectivity index (χ4n) is 1.90. The summed E-state index contributed by atoms with van der Waals surface area (Å²) in [5, 5.41) is 5.29. The Hall–Kier alpha value is -1.84. The Labute approximate surface area is 94.0 Å². The van der Waals surface area contributed by atoms with Gasteiger partial charge in [-0.05, 0) is 17.5 Å². The van der Waals surface area contributed by atoms with E-state index in [9.17, 15) is 9.59 Å². The minimum atomic E-state index is -0.544. The molecule has 1 fully saturated rings. The van der Waals surface area contributed by atoms with E-state index in [-0.39, 0.29) is 18.4 Å². The zero-order valence-electron chi connectivity index (χ0n) is 9.12. The molecule has 0 aromatic heterocycles. The molecule has 2 rings (SSSR count). The molecule has 2 N–H and O–H groups in total. The fraction of sp³-hybridized carbons (Fsp3) is 0.333. The molecule has 1 saturated heterocycles. The Morgan fingerprint density at radius 1 is 1.31 bits per heavy atom. The maximum Gasteiger partial charge on any atom is 0.247 e. The summed E-state index contributed by atoms with van der Waals surface area (Å²) in [4.78, 5) is 22.9. The van der Waals surface area contributed by atoms with E-state index in [0.29, 0.717) is 0 Å². The van der Waals surface area contributed by atoms with Crippen LogP contribution in [-0.2, 0) is 16.0 Å². The predicted molar refractivity (Wildman–Crippen MR) is 59.7 cm³/mol. The van der Waals surface area contributed by atoms with Crippen molar-refractivity contribution < 1.29 is 9.59 Å². The van der Waals surface area contributed by atoms with Crippen LogP contribution in [0.1, 0.15) is 24.1 Å². The molecule has 2 amide bonds. The molecule has 4 heteroatoms. The number of benzene rings is 1. The van der Waals surface area contributed by atoms with E-state index in [1.54, 1.807) is 0 Å². The van der Waals surface area contributed by atoms with E-state index in [1.165, 1.54) is 0 Å². The highest BCUT2D eigenvalue weighted by Gasteiger charge is 2.28. The van der Waals surface area contributed by atoms with Crippen molar-refractivity contribution >= 4 is 11.8 Å². The lowest BCUT2D eigenvalue weighted by Crippen LogP contribution is -2.51. The van der Waals surface area contributed by atoms with Gasteiger partial charge in [0.15, 0.2) is 0 Å². The summed E-state index contributed by atoms with van der Waals surface area (Å²) in [5.74, 6) is -0.281. The molecule has 1 aliphatic heterocycles. The summed E-state index contributed by atoms with van der Waals surface area (Å²) in [5.41, 5.74) is 1.97. The second-order valence-electron chi connectivity index (χ2n) is 3.77. The zero-order valence-corrected chi connectivity index (χ0v) is 9.12.